The fraction of sp³-hybridized carbons (Fsp3) is 0.688. The molecule has 4 rings (SSSR count). The molecule has 11 heteroatoms. The van der Waals surface area contributed by atoms with Crippen LogP contribution in [0.15, 0.2) is 24.3 Å². The summed E-state index contributed by atoms with van der Waals surface area (Å²) >= 11 is 0. The molecule has 3 N–H and O–H groups in total. The number of hydrogen-bond donors (Lipinski definition) is 3. The molecule has 2 heterocycles. The highest BCUT2D eigenvalue weighted by Gasteiger charge is 2.50. The van der Waals surface area contributed by atoms with Gasteiger partial charge >= 0.3 is 0 Å². The second-order valence-corrected chi connectivity index (χ2v) is 12.5. The maximum Gasteiger partial charge on any atom is 0.234 e. The van der Waals surface area contributed by atoms with Gasteiger partial charge in [-0.1, -0.05) is 12.1 Å². The Morgan fingerprint density at radius 3 is 2.33 bits per heavy atom. The number of epoxide rings is 1. The average molecular weight is 602 g/mol. The number of ketones is 2. The van der Waals surface area contributed by atoms with Crippen molar-refractivity contribution in [2.45, 2.75) is 82.6 Å². The Balaban J connectivity index is 1.44. The summed E-state index contributed by atoms with van der Waals surface area (Å²) in [4.78, 5) is 55.2. The number of benzene rings is 1. The van der Waals surface area contributed by atoms with Gasteiger partial charge in [0, 0.05) is 25.4 Å². The predicted octanol–water partition coefficient (Wildman–Crippen LogP) is 1.43. The van der Waals surface area contributed by atoms with Crippen molar-refractivity contribution in [3.8, 4) is 5.75 Å². The van der Waals surface area contributed by atoms with E-state index >= 15 is 0 Å². The van der Waals surface area contributed by atoms with Crippen molar-refractivity contribution >= 4 is 23.4 Å². The van der Waals surface area contributed by atoms with E-state index in [1.165, 1.54) is 0 Å². The van der Waals surface area contributed by atoms with E-state index in [-0.39, 0.29) is 54.8 Å². The lowest BCUT2D eigenvalue weighted by molar-refractivity contribution is -0.135. The molecule has 0 radical (unpaired) electrons. The number of carbonyl (C=O) groups is 4. The Kier molecular flexibility index (Phi) is 11.7. The minimum Gasteiger partial charge on any atom is -0.497 e. The molecule has 11 nitrogen and oxygen atoms in total. The number of ether oxygens (including phenoxy) is 3. The molecule has 3 aliphatic rings. The SMILES string of the molecule is COc1ccc(C[C@H](CC(=O)[C@H](C)NC(=O)CN2CCOCC2)C(=O)N[C@@H](CC2CCC(O)CC2)C(=O)[C@@]2(C)CO2)cc1. The fourth-order valence-electron chi connectivity index (χ4n) is 5.91. The quantitative estimate of drug-likeness (QED) is 0.254. The van der Waals surface area contributed by atoms with E-state index in [1.807, 2.05) is 17.0 Å². The van der Waals surface area contributed by atoms with Gasteiger partial charge in [0.1, 0.15) is 11.4 Å². The zero-order chi connectivity index (χ0) is 31.0. The molecule has 1 aromatic rings. The van der Waals surface area contributed by atoms with Gasteiger partial charge in [-0.3, -0.25) is 24.1 Å². The molecule has 0 aromatic heterocycles. The third-order valence-corrected chi connectivity index (χ3v) is 8.91. The second kappa shape index (κ2) is 15.2. The van der Waals surface area contributed by atoms with E-state index in [9.17, 15) is 24.3 Å². The molecule has 1 saturated carbocycles. The molecule has 3 fully saturated rings. The van der Waals surface area contributed by atoms with E-state index in [4.69, 9.17) is 14.2 Å². The van der Waals surface area contributed by atoms with Crippen LogP contribution < -0.4 is 15.4 Å². The molecule has 4 atom stereocenters. The van der Waals surface area contributed by atoms with Crippen molar-refractivity contribution in [2.24, 2.45) is 11.8 Å². The van der Waals surface area contributed by atoms with Crippen LogP contribution in [0.25, 0.3) is 0 Å². The highest BCUT2D eigenvalue weighted by molar-refractivity contribution is 5.98. The van der Waals surface area contributed by atoms with E-state index in [1.54, 1.807) is 33.1 Å². The van der Waals surface area contributed by atoms with Crippen LogP contribution in [0.3, 0.4) is 0 Å². The van der Waals surface area contributed by atoms with Crippen molar-refractivity contribution in [3.63, 3.8) is 0 Å². The average Bonchev–Trinajstić information content (AvgIpc) is 3.76. The van der Waals surface area contributed by atoms with Crippen LogP contribution in [0.5, 0.6) is 5.75 Å². The number of nitrogens with one attached hydrogen (secondary N) is 2. The summed E-state index contributed by atoms with van der Waals surface area (Å²) in [7, 11) is 1.58. The normalized spacial score (nSPS) is 26.0. The summed E-state index contributed by atoms with van der Waals surface area (Å²) in [6.07, 6.45) is 3.26. The number of nitrogens with zero attached hydrogens (tertiary/aromatic N) is 1. The summed E-state index contributed by atoms with van der Waals surface area (Å²) in [5.74, 6) is -0.928. The zero-order valence-electron chi connectivity index (χ0n) is 25.6. The van der Waals surface area contributed by atoms with Crippen LogP contribution >= 0.6 is 0 Å². The Hall–Kier alpha value is -2.86. The fourth-order valence-corrected chi connectivity index (χ4v) is 5.91. The number of hydrogen-bond acceptors (Lipinski definition) is 9. The molecule has 238 valence electrons. The number of carbonyl (C=O) groups excluding carboxylic acids is 4. The molecule has 0 spiro atoms. The first kappa shape index (κ1) is 33.0. The number of methoxy groups -OCH3 is 1. The summed E-state index contributed by atoms with van der Waals surface area (Å²) in [5, 5.41) is 15.7. The summed E-state index contributed by atoms with van der Waals surface area (Å²) in [6.45, 7) is 6.33. The van der Waals surface area contributed by atoms with Crippen molar-refractivity contribution in [1.29, 1.82) is 0 Å². The molecule has 1 aromatic carbocycles. The third-order valence-electron chi connectivity index (χ3n) is 8.91. The molecule has 0 unspecified atom stereocenters. The lowest BCUT2D eigenvalue weighted by Gasteiger charge is -2.30. The highest BCUT2D eigenvalue weighted by Crippen LogP contribution is 2.33. The zero-order valence-corrected chi connectivity index (χ0v) is 25.6. The Morgan fingerprint density at radius 2 is 1.72 bits per heavy atom. The largest absolute Gasteiger partial charge is 0.497 e. The number of amides is 2. The standard InChI is InChI=1S/C32H47N3O8/c1-21(33-29(38)19-35-12-14-42-15-13-35)28(37)18-24(16-22-6-10-26(41-3)11-7-22)31(40)34-27(30(39)32(2)20-43-32)17-23-4-8-25(36)9-5-23/h6-7,10-11,21,23-25,27,36H,4-5,8-9,12-20H2,1-3H3,(H,33,38)(H,34,40)/t21-,23?,24+,25?,27-,32+/m0/s1. The number of aliphatic hydroxyl groups is 1. The minimum atomic E-state index is -0.910. The third kappa shape index (κ3) is 9.82. The van der Waals surface area contributed by atoms with E-state index in [0.717, 1.165) is 18.4 Å². The monoisotopic (exact) mass is 601 g/mol. The van der Waals surface area contributed by atoms with E-state index < -0.39 is 23.6 Å². The number of rotatable bonds is 15. The summed E-state index contributed by atoms with van der Waals surface area (Å²) in [5.41, 5.74) is -0.0634. The van der Waals surface area contributed by atoms with Crippen LogP contribution in [0.1, 0.15) is 57.9 Å². The summed E-state index contributed by atoms with van der Waals surface area (Å²) in [6, 6.07) is 5.79. The maximum atomic E-state index is 13.8. The van der Waals surface area contributed by atoms with Gasteiger partial charge in [0.25, 0.3) is 0 Å². The van der Waals surface area contributed by atoms with E-state index in [0.29, 0.717) is 57.9 Å². The molecule has 43 heavy (non-hydrogen) atoms. The van der Waals surface area contributed by atoms with Crippen LogP contribution in [0, 0.1) is 11.8 Å². The van der Waals surface area contributed by atoms with Crippen molar-refractivity contribution < 1.29 is 38.5 Å². The topological polar surface area (TPSA) is 147 Å². The lowest BCUT2D eigenvalue weighted by atomic mass is 9.81. The molecular weight excluding hydrogens is 554 g/mol. The van der Waals surface area contributed by atoms with Crippen molar-refractivity contribution in [2.75, 3.05) is 46.6 Å². The number of Topliss-reactive ketones (excluding diaryl/α,β-unsaturated/α-hetero) is 2. The molecule has 2 amide bonds. The molecule has 2 saturated heterocycles. The minimum absolute atomic E-state index is 0.0961. The second-order valence-electron chi connectivity index (χ2n) is 12.5. The molecule has 2 aliphatic heterocycles. The first-order chi connectivity index (χ1) is 20.6. The Morgan fingerprint density at radius 1 is 1.07 bits per heavy atom. The first-order valence-electron chi connectivity index (χ1n) is 15.5. The number of aliphatic hydroxyl groups excluding tert-OH is 1. The van der Waals surface area contributed by atoms with Crippen LogP contribution in [-0.4, -0.2) is 104 Å². The Labute approximate surface area is 254 Å². The van der Waals surface area contributed by atoms with Crippen molar-refractivity contribution in [1.82, 2.24) is 15.5 Å². The molecule has 0 bridgehead atoms. The Bertz CT molecular complexity index is 1110. The van der Waals surface area contributed by atoms with Gasteiger partial charge in [-0.2, -0.15) is 0 Å². The van der Waals surface area contributed by atoms with Gasteiger partial charge in [-0.15, -0.1) is 0 Å². The first-order valence-corrected chi connectivity index (χ1v) is 15.5. The van der Waals surface area contributed by atoms with Gasteiger partial charge in [-0.05, 0) is 76.0 Å². The van der Waals surface area contributed by atoms with Gasteiger partial charge in [0.05, 0.1) is 51.7 Å². The lowest BCUT2D eigenvalue weighted by Crippen LogP contribution is -2.50. The van der Waals surface area contributed by atoms with Crippen LogP contribution in [0.4, 0.5) is 0 Å². The highest BCUT2D eigenvalue weighted by atomic mass is 16.6. The van der Waals surface area contributed by atoms with Gasteiger partial charge in [-0.25, -0.2) is 0 Å². The van der Waals surface area contributed by atoms with Gasteiger partial charge in [0.15, 0.2) is 11.6 Å². The van der Waals surface area contributed by atoms with E-state index in [2.05, 4.69) is 10.6 Å². The van der Waals surface area contributed by atoms with Crippen molar-refractivity contribution in [3.05, 3.63) is 29.8 Å². The van der Waals surface area contributed by atoms with Crippen LogP contribution in [0.2, 0.25) is 0 Å². The van der Waals surface area contributed by atoms with Gasteiger partial charge < -0.3 is 30.0 Å². The number of morpholine rings is 1. The maximum absolute atomic E-state index is 13.8. The summed E-state index contributed by atoms with van der Waals surface area (Å²) < 4.78 is 16.0. The smallest absolute Gasteiger partial charge is 0.234 e. The molecule has 1 aliphatic carbocycles. The molecular formula is C32H47N3O8. The van der Waals surface area contributed by atoms with Crippen LogP contribution in [-0.2, 0) is 35.1 Å². The predicted molar refractivity (Wildman–Crippen MR) is 159 cm³/mol. The van der Waals surface area contributed by atoms with Gasteiger partial charge in [0.2, 0.25) is 11.8 Å².